The first kappa shape index (κ1) is 20.8. The molecular weight excluding hydrogens is 360 g/mol. The molecule has 1 heterocycles. The van der Waals surface area contributed by atoms with Crippen LogP contribution in [0.5, 0.6) is 5.75 Å². The maximum Gasteiger partial charge on any atom is 0.255 e. The number of nitrogens with one attached hydrogen (secondary N) is 2. The van der Waals surface area contributed by atoms with Gasteiger partial charge >= 0.3 is 0 Å². The zero-order chi connectivity index (χ0) is 19.5. The molecule has 1 unspecified atom stereocenters. The van der Waals surface area contributed by atoms with Crippen molar-refractivity contribution in [3.05, 3.63) is 52.2 Å². The van der Waals surface area contributed by atoms with Crippen LogP contribution in [0.2, 0.25) is 0 Å². The lowest BCUT2D eigenvalue weighted by atomic mass is 10.1. The largest absolute Gasteiger partial charge is 0.484 e. The van der Waals surface area contributed by atoms with Crippen LogP contribution in [0.25, 0.3) is 0 Å². The van der Waals surface area contributed by atoms with E-state index in [-0.39, 0.29) is 6.61 Å². The van der Waals surface area contributed by atoms with Gasteiger partial charge in [-0.3, -0.25) is 9.79 Å². The van der Waals surface area contributed by atoms with Crippen molar-refractivity contribution in [3.8, 4) is 5.75 Å². The van der Waals surface area contributed by atoms with Crippen LogP contribution in [-0.4, -0.2) is 38.6 Å². The lowest BCUT2D eigenvalue weighted by Crippen LogP contribution is -2.40. The molecule has 1 aromatic heterocycles. The highest BCUT2D eigenvalue weighted by molar-refractivity contribution is 7.09. The minimum absolute atomic E-state index is 0.103. The minimum atomic E-state index is -0.480. The number of thiophene rings is 1. The number of benzene rings is 1. The minimum Gasteiger partial charge on any atom is -0.484 e. The van der Waals surface area contributed by atoms with E-state index >= 15 is 0 Å². The van der Waals surface area contributed by atoms with Crippen molar-refractivity contribution < 1.29 is 9.53 Å². The summed E-state index contributed by atoms with van der Waals surface area (Å²) in [5, 5.41) is 8.84. The Balaban J connectivity index is 1.67. The number of rotatable bonds is 10. The highest BCUT2D eigenvalue weighted by Crippen LogP contribution is 2.14. The summed E-state index contributed by atoms with van der Waals surface area (Å²) in [6, 6.07) is 11.9. The molecule has 1 amide bonds. The zero-order valence-electron chi connectivity index (χ0n) is 15.9. The van der Waals surface area contributed by atoms with Crippen molar-refractivity contribution in [1.29, 1.82) is 0 Å². The van der Waals surface area contributed by atoms with Gasteiger partial charge in [-0.25, -0.2) is 0 Å². The van der Waals surface area contributed by atoms with E-state index in [4.69, 9.17) is 10.5 Å². The van der Waals surface area contributed by atoms with E-state index in [2.05, 4.69) is 40.1 Å². The van der Waals surface area contributed by atoms with Gasteiger partial charge < -0.3 is 21.1 Å². The molecule has 0 radical (unpaired) electrons. The molecular formula is C20H28N4O2S. The predicted molar refractivity (Wildman–Crippen MR) is 111 cm³/mol. The normalized spacial score (nSPS) is 12.4. The summed E-state index contributed by atoms with van der Waals surface area (Å²) < 4.78 is 5.26. The number of primary amides is 1. The molecule has 0 aliphatic heterocycles. The summed E-state index contributed by atoms with van der Waals surface area (Å²) >= 11 is 1.80. The Morgan fingerprint density at radius 3 is 2.67 bits per heavy atom. The number of guanidine groups is 1. The maximum absolute atomic E-state index is 10.7. The zero-order valence-corrected chi connectivity index (χ0v) is 16.7. The Kier molecular flexibility index (Phi) is 8.64. The number of carbonyl (C=O) groups is 1. The summed E-state index contributed by atoms with van der Waals surface area (Å²) in [7, 11) is 1.78. The predicted octanol–water partition coefficient (Wildman–Crippen LogP) is 2.20. The Morgan fingerprint density at radius 2 is 2.04 bits per heavy atom. The average molecular weight is 389 g/mol. The van der Waals surface area contributed by atoms with Gasteiger partial charge in [0, 0.05) is 25.0 Å². The first-order chi connectivity index (χ1) is 13.1. The van der Waals surface area contributed by atoms with E-state index in [0.717, 1.165) is 31.9 Å². The molecule has 2 aromatic rings. The van der Waals surface area contributed by atoms with E-state index in [0.29, 0.717) is 11.7 Å². The Labute approximate surface area is 164 Å². The molecule has 146 valence electrons. The van der Waals surface area contributed by atoms with E-state index in [9.17, 15) is 4.79 Å². The van der Waals surface area contributed by atoms with Crippen LogP contribution in [-0.2, 0) is 17.6 Å². The van der Waals surface area contributed by atoms with Gasteiger partial charge in [-0.15, -0.1) is 11.3 Å². The molecule has 0 saturated carbocycles. The smallest absolute Gasteiger partial charge is 0.255 e. The van der Waals surface area contributed by atoms with Gasteiger partial charge in [0.2, 0.25) is 0 Å². The number of carbonyl (C=O) groups excluding carboxylic acids is 1. The monoisotopic (exact) mass is 388 g/mol. The summed E-state index contributed by atoms with van der Waals surface area (Å²) in [6.45, 7) is 3.79. The number of aliphatic imine (C=N–C) groups is 1. The highest BCUT2D eigenvalue weighted by Gasteiger charge is 2.06. The van der Waals surface area contributed by atoms with Crippen LogP contribution in [0.4, 0.5) is 0 Å². The molecule has 7 heteroatoms. The van der Waals surface area contributed by atoms with Gasteiger partial charge in [0.25, 0.3) is 5.91 Å². The van der Waals surface area contributed by atoms with Crippen molar-refractivity contribution in [3.63, 3.8) is 0 Å². The van der Waals surface area contributed by atoms with Crippen molar-refractivity contribution in [2.24, 2.45) is 16.6 Å². The molecule has 1 aromatic carbocycles. The molecule has 4 N–H and O–H groups in total. The average Bonchev–Trinajstić information content (AvgIpc) is 3.16. The number of hydrogen-bond acceptors (Lipinski definition) is 4. The van der Waals surface area contributed by atoms with Gasteiger partial charge in [0.15, 0.2) is 12.6 Å². The highest BCUT2D eigenvalue weighted by atomic mass is 32.1. The fourth-order valence-corrected chi connectivity index (χ4v) is 3.44. The third-order valence-corrected chi connectivity index (χ3v) is 4.88. The van der Waals surface area contributed by atoms with Gasteiger partial charge in [0.1, 0.15) is 5.75 Å². The number of nitrogens with two attached hydrogens (primary N) is 1. The van der Waals surface area contributed by atoms with Crippen LogP contribution < -0.4 is 21.1 Å². The van der Waals surface area contributed by atoms with Crippen molar-refractivity contribution in [1.82, 2.24) is 10.6 Å². The number of hydrogen-bond donors (Lipinski definition) is 3. The van der Waals surface area contributed by atoms with Crippen molar-refractivity contribution >= 4 is 23.2 Å². The summed E-state index contributed by atoms with van der Waals surface area (Å²) in [5.74, 6) is 1.51. The fourth-order valence-electron chi connectivity index (χ4n) is 2.57. The third-order valence-electron chi connectivity index (χ3n) is 3.98. The molecule has 0 aliphatic carbocycles. The Bertz CT molecular complexity index is 714. The number of ether oxygens (including phenoxy) is 1. The molecule has 0 spiro atoms. The third kappa shape index (κ3) is 8.13. The van der Waals surface area contributed by atoms with Crippen molar-refractivity contribution in [2.45, 2.75) is 19.8 Å². The van der Waals surface area contributed by atoms with E-state index < -0.39 is 5.91 Å². The second kappa shape index (κ2) is 11.2. The molecule has 27 heavy (non-hydrogen) atoms. The number of nitrogens with zero attached hydrogens (tertiary/aromatic N) is 1. The van der Waals surface area contributed by atoms with E-state index in [1.165, 1.54) is 10.4 Å². The quantitative estimate of drug-likeness (QED) is 0.430. The van der Waals surface area contributed by atoms with Gasteiger partial charge in [-0.05, 0) is 47.9 Å². The van der Waals surface area contributed by atoms with Gasteiger partial charge in [0.05, 0.1) is 0 Å². The second-order valence-corrected chi connectivity index (χ2v) is 7.45. The summed E-state index contributed by atoms with van der Waals surface area (Å²) in [5.41, 5.74) is 6.24. The molecule has 0 fully saturated rings. The standard InChI is InChI=1S/C20H28N4O2S/c1-15(12-18-4-3-11-27-18)13-24-20(22-2)23-10-9-16-5-7-17(8-6-16)26-14-19(21)25/h3-8,11,15H,9-10,12-14H2,1-2H3,(H2,21,25)(H2,22,23,24). The summed E-state index contributed by atoms with van der Waals surface area (Å²) in [4.78, 5) is 16.4. The Hall–Kier alpha value is -2.54. The lowest BCUT2D eigenvalue weighted by Gasteiger charge is -2.15. The topological polar surface area (TPSA) is 88.7 Å². The van der Waals surface area contributed by atoms with Crippen LogP contribution >= 0.6 is 11.3 Å². The second-order valence-electron chi connectivity index (χ2n) is 6.42. The van der Waals surface area contributed by atoms with Crippen LogP contribution in [0.3, 0.4) is 0 Å². The van der Waals surface area contributed by atoms with Crippen LogP contribution in [0.15, 0.2) is 46.8 Å². The molecule has 1 atom stereocenters. The molecule has 0 saturated heterocycles. The van der Waals surface area contributed by atoms with Gasteiger partial charge in [-0.2, -0.15) is 0 Å². The molecule has 0 aliphatic rings. The fraction of sp³-hybridized carbons (Fsp3) is 0.400. The van der Waals surface area contributed by atoms with E-state index in [1.54, 1.807) is 18.4 Å². The van der Waals surface area contributed by atoms with Crippen LogP contribution in [0, 0.1) is 5.92 Å². The molecule has 2 rings (SSSR count). The molecule has 6 nitrogen and oxygen atoms in total. The molecule has 0 bridgehead atoms. The van der Waals surface area contributed by atoms with Crippen molar-refractivity contribution in [2.75, 3.05) is 26.7 Å². The number of amides is 1. The first-order valence-corrected chi connectivity index (χ1v) is 9.91. The summed E-state index contributed by atoms with van der Waals surface area (Å²) in [6.07, 6.45) is 1.94. The SMILES string of the molecule is CN=C(NCCc1ccc(OCC(N)=O)cc1)NCC(C)Cc1cccs1. The lowest BCUT2D eigenvalue weighted by molar-refractivity contribution is -0.119. The Morgan fingerprint density at radius 1 is 1.26 bits per heavy atom. The maximum atomic E-state index is 10.7. The van der Waals surface area contributed by atoms with Crippen LogP contribution in [0.1, 0.15) is 17.4 Å². The van der Waals surface area contributed by atoms with E-state index in [1.807, 2.05) is 24.3 Å². The first-order valence-electron chi connectivity index (χ1n) is 9.03. The van der Waals surface area contributed by atoms with Gasteiger partial charge in [-0.1, -0.05) is 25.1 Å².